The lowest BCUT2D eigenvalue weighted by molar-refractivity contribution is -0.139. The van der Waals surface area contributed by atoms with Crippen LogP contribution in [0.1, 0.15) is 19.8 Å². The SMILES string of the molecule is CCN(CC(=O)O)C1CC(NC(=O)Nc2cncc(F)c2)C1. The van der Waals surface area contributed by atoms with E-state index in [1.165, 1.54) is 12.3 Å². The Labute approximate surface area is 127 Å². The number of carbonyl (C=O) groups is 2. The largest absolute Gasteiger partial charge is 0.480 e. The summed E-state index contributed by atoms with van der Waals surface area (Å²) in [6, 6.07) is 0.927. The molecule has 2 rings (SSSR count). The van der Waals surface area contributed by atoms with Gasteiger partial charge in [0.2, 0.25) is 0 Å². The molecule has 1 aromatic heterocycles. The van der Waals surface area contributed by atoms with Crippen LogP contribution in [0, 0.1) is 5.82 Å². The number of pyridine rings is 1. The van der Waals surface area contributed by atoms with Crippen LogP contribution >= 0.6 is 0 Å². The van der Waals surface area contributed by atoms with Gasteiger partial charge >= 0.3 is 12.0 Å². The van der Waals surface area contributed by atoms with Crippen molar-refractivity contribution in [3.8, 4) is 0 Å². The third-order valence-corrected chi connectivity index (χ3v) is 3.67. The van der Waals surface area contributed by atoms with E-state index in [9.17, 15) is 14.0 Å². The van der Waals surface area contributed by atoms with E-state index in [0.717, 1.165) is 6.20 Å². The molecule has 2 amide bonds. The van der Waals surface area contributed by atoms with E-state index in [1.807, 2.05) is 11.8 Å². The topological polar surface area (TPSA) is 94.6 Å². The van der Waals surface area contributed by atoms with Gasteiger partial charge in [-0.25, -0.2) is 9.18 Å². The number of aliphatic carboxylic acids is 1. The van der Waals surface area contributed by atoms with Crippen LogP contribution in [0.3, 0.4) is 0 Å². The van der Waals surface area contributed by atoms with Crippen LogP contribution in [-0.2, 0) is 4.79 Å². The summed E-state index contributed by atoms with van der Waals surface area (Å²) in [6.07, 6.45) is 3.82. The molecule has 1 aliphatic carbocycles. The summed E-state index contributed by atoms with van der Waals surface area (Å²) in [7, 11) is 0. The van der Waals surface area contributed by atoms with Crippen LogP contribution in [0.5, 0.6) is 0 Å². The molecule has 120 valence electrons. The second kappa shape index (κ2) is 7.17. The molecule has 3 N–H and O–H groups in total. The first-order chi connectivity index (χ1) is 10.5. The Balaban J connectivity index is 1.75. The Morgan fingerprint density at radius 2 is 2.18 bits per heavy atom. The number of urea groups is 1. The Morgan fingerprint density at radius 1 is 1.45 bits per heavy atom. The van der Waals surface area contributed by atoms with Gasteiger partial charge in [0.25, 0.3) is 0 Å². The molecule has 8 heteroatoms. The highest BCUT2D eigenvalue weighted by atomic mass is 19.1. The minimum absolute atomic E-state index is 0.00522. The molecule has 0 aliphatic heterocycles. The van der Waals surface area contributed by atoms with Gasteiger partial charge in [0.1, 0.15) is 5.82 Å². The summed E-state index contributed by atoms with van der Waals surface area (Å²) in [5.41, 5.74) is 0.287. The Kier molecular flexibility index (Phi) is 5.26. The second-order valence-corrected chi connectivity index (χ2v) is 5.27. The van der Waals surface area contributed by atoms with Crippen LogP contribution in [-0.4, -0.2) is 52.2 Å². The molecule has 1 aromatic rings. The van der Waals surface area contributed by atoms with Crippen LogP contribution in [0.25, 0.3) is 0 Å². The molecule has 0 bridgehead atoms. The molecule has 0 saturated heterocycles. The predicted octanol–water partition coefficient (Wildman–Crippen LogP) is 1.28. The molecule has 1 fully saturated rings. The monoisotopic (exact) mass is 310 g/mol. The molecule has 0 spiro atoms. The zero-order chi connectivity index (χ0) is 16.1. The fourth-order valence-electron chi connectivity index (χ4n) is 2.51. The number of aromatic nitrogens is 1. The van der Waals surface area contributed by atoms with Crippen molar-refractivity contribution in [2.75, 3.05) is 18.4 Å². The highest BCUT2D eigenvalue weighted by Gasteiger charge is 2.34. The summed E-state index contributed by atoms with van der Waals surface area (Å²) in [5, 5.41) is 14.1. The number of amides is 2. The number of carboxylic acid groups (broad SMARTS) is 1. The molecule has 0 atom stereocenters. The molecule has 7 nitrogen and oxygen atoms in total. The van der Waals surface area contributed by atoms with Crippen molar-refractivity contribution >= 4 is 17.7 Å². The lowest BCUT2D eigenvalue weighted by atomic mass is 9.85. The van der Waals surface area contributed by atoms with E-state index >= 15 is 0 Å². The van der Waals surface area contributed by atoms with Crippen molar-refractivity contribution in [3.05, 3.63) is 24.3 Å². The summed E-state index contributed by atoms with van der Waals surface area (Å²) in [4.78, 5) is 28.0. The molecule has 1 saturated carbocycles. The van der Waals surface area contributed by atoms with E-state index in [0.29, 0.717) is 19.4 Å². The standard InChI is InChI=1S/C14H19FN4O3/c1-2-19(8-13(20)21)12-4-10(5-12)17-14(22)18-11-3-9(15)6-16-7-11/h3,6-7,10,12H,2,4-5,8H2,1H3,(H,20,21)(H2,17,18,22). The summed E-state index contributed by atoms with van der Waals surface area (Å²) in [5.74, 6) is -1.37. The Hall–Kier alpha value is -2.22. The van der Waals surface area contributed by atoms with Gasteiger partial charge in [-0.2, -0.15) is 0 Å². The Bertz CT molecular complexity index is 549. The number of carbonyl (C=O) groups excluding carboxylic acids is 1. The molecule has 22 heavy (non-hydrogen) atoms. The maximum Gasteiger partial charge on any atom is 0.319 e. The maximum atomic E-state index is 13.0. The number of hydrogen-bond donors (Lipinski definition) is 3. The highest BCUT2D eigenvalue weighted by Crippen LogP contribution is 2.25. The van der Waals surface area contributed by atoms with E-state index in [4.69, 9.17) is 5.11 Å². The van der Waals surface area contributed by atoms with Crippen molar-refractivity contribution in [1.29, 1.82) is 0 Å². The number of nitrogens with one attached hydrogen (secondary N) is 2. The van der Waals surface area contributed by atoms with Crippen molar-refractivity contribution in [1.82, 2.24) is 15.2 Å². The van der Waals surface area contributed by atoms with Crippen molar-refractivity contribution < 1.29 is 19.1 Å². The molecule has 0 aromatic carbocycles. The van der Waals surface area contributed by atoms with Gasteiger partial charge in [-0.05, 0) is 19.4 Å². The van der Waals surface area contributed by atoms with E-state index in [-0.39, 0.29) is 24.3 Å². The molecule has 1 heterocycles. The minimum Gasteiger partial charge on any atom is -0.480 e. The summed E-state index contributed by atoms with van der Waals surface area (Å²) >= 11 is 0. The van der Waals surface area contributed by atoms with Gasteiger partial charge in [0.05, 0.1) is 24.6 Å². The lowest BCUT2D eigenvalue weighted by Crippen LogP contribution is -2.55. The number of carboxylic acids is 1. The predicted molar refractivity (Wildman–Crippen MR) is 78.0 cm³/mol. The number of anilines is 1. The number of rotatable bonds is 6. The van der Waals surface area contributed by atoms with Gasteiger partial charge < -0.3 is 15.7 Å². The second-order valence-electron chi connectivity index (χ2n) is 5.27. The average Bonchev–Trinajstić information content (AvgIpc) is 2.40. The summed E-state index contributed by atoms with van der Waals surface area (Å²) in [6.45, 7) is 2.58. The number of hydrogen-bond acceptors (Lipinski definition) is 4. The van der Waals surface area contributed by atoms with E-state index in [1.54, 1.807) is 0 Å². The van der Waals surface area contributed by atoms with Gasteiger partial charge in [0, 0.05) is 18.2 Å². The highest BCUT2D eigenvalue weighted by molar-refractivity contribution is 5.89. The van der Waals surface area contributed by atoms with Crippen molar-refractivity contribution in [2.45, 2.75) is 31.8 Å². The first kappa shape index (κ1) is 16.2. The zero-order valence-corrected chi connectivity index (χ0v) is 12.3. The van der Waals surface area contributed by atoms with Crippen LogP contribution in [0.15, 0.2) is 18.5 Å². The normalized spacial score (nSPS) is 20.3. The number of likely N-dealkylation sites (N-methyl/N-ethyl adjacent to an activating group) is 1. The van der Waals surface area contributed by atoms with Gasteiger partial charge in [-0.15, -0.1) is 0 Å². The molecular formula is C14H19FN4O3. The third kappa shape index (κ3) is 4.39. The fraction of sp³-hybridized carbons (Fsp3) is 0.500. The van der Waals surface area contributed by atoms with Crippen LogP contribution in [0.2, 0.25) is 0 Å². The van der Waals surface area contributed by atoms with Crippen LogP contribution < -0.4 is 10.6 Å². The number of halogens is 1. The Morgan fingerprint density at radius 3 is 2.77 bits per heavy atom. The first-order valence-electron chi connectivity index (χ1n) is 7.11. The third-order valence-electron chi connectivity index (χ3n) is 3.67. The van der Waals surface area contributed by atoms with Gasteiger partial charge in [0.15, 0.2) is 0 Å². The summed E-state index contributed by atoms with van der Waals surface area (Å²) < 4.78 is 13.0. The van der Waals surface area contributed by atoms with Crippen LogP contribution in [0.4, 0.5) is 14.9 Å². The van der Waals surface area contributed by atoms with E-state index in [2.05, 4.69) is 15.6 Å². The molecule has 1 aliphatic rings. The molecule has 0 radical (unpaired) electrons. The zero-order valence-electron chi connectivity index (χ0n) is 12.3. The van der Waals surface area contributed by atoms with E-state index < -0.39 is 17.8 Å². The van der Waals surface area contributed by atoms with Gasteiger partial charge in [-0.1, -0.05) is 6.92 Å². The fourth-order valence-corrected chi connectivity index (χ4v) is 2.51. The lowest BCUT2D eigenvalue weighted by Gasteiger charge is -2.42. The quantitative estimate of drug-likeness (QED) is 0.736. The first-order valence-corrected chi connectivity index (χ1v) is 7.11. The number of nitrogens with zero attached hydrogens (tertiary/aromatic N) is 2. The maximum absolute atomic E-state index is 13.0. The molecule has 0 unspecified atom stereocenters. The van der Waals surface area contributed by atoms with Crippen molar-refractivity contribution in [3.63, 3.8) is 0 Å². The smallest absolute Gasteiger partial charge is 0.319 e. The minimum atomic E-state index is -0.852. The molecular weight excluding hydrogens is 291 g/mol. The van der Waals surface area contributed by atoms with Gasteiger partial charge in [-0.3, -0.25) is 14.7 Å². The average molecular weight is 310 g/mol. The van der Waals surface area contributed by atoms with Crippen molar-refractivity contribution in [2.24, 2.45) is 0 Å².